The van der Waals surface area contributed by atoms with Crippen LogP contribution in [0, 0.1) is 25.2 Å². The smallest absolute Gasteiger partial charge is 0.323 e. The summed E-state index contributed by atoms with van der Waals surface area (Å²) in [6.07, 6.45) is 0. The Bertz CT molecular complexity index is 463. The van der Waals surface area contributed by atoms with E-state index in [4.69, 9.17) is 10.4 Å². The van der Waals surface area contributed by atoms with Crippen LogP contribution in [0.3, 0.4) is 0 Å². The van der Waals surface area contributed by atoms with Crippen molar-refractivity contribution >= 4 is 11.7 Å². The number of nitriles is 1. The molecular weight excluding hydrogens is 206 g/mol. The fourth-order valence-corrected chi connectivity index (χ4v) is 1.54. The van der Waals surface area contributed by atoms with Gasteiger partial charge >= 0.3 is 5.97 Å². The molecule has 0 aliphatic heterocycles. The van der Waals surface area contributed by atoms with Crippen LogP contribution in [-0.4, -0.2) is 29.7 Å². The van der Waals surface area contributed by atoms with Gasteiger partial charge < -0.3 is 10.0 Å². The normalized spacial score (nSPS) is 9.62. The summed E-state index contributed by atoms with van der Waals surface area (Å²) in [5, 5.41) is 17.7. The first-order valence-corrected chi connectivity index (χ1v) is 4.77. The van der Waals surface area contributed by atoms with Gasteiger partial charge in [-0.3, -0.25) is 9.78 Å². The van der Waals surface area contributed by atoms with Crippen molar-refractivity contribution in [2.45, 2.75) is 13.8 Å². The van der Waals surface area contributed by atoms with Gasteiger partial charge in [0, 0.05) is 12.7 Å². The average molecular weight is 219 g/mol. The molecule has 0 aliphatic rings. The van der Waals surface area contributed by atoms with E-state index >= 15 is 0 Å². The van der Waals surface area contributed by atoms with Crippen molar-refractivity contribution < 1.29 is 9.90 Å². The number of aromatic nitrogens is 1. The van der Waals surface area contributed by atoms with Gasteiger partial charge in [0.05, 0.1) is 16.9 Å². The number of carbonyl (C=O) groups is 1. The molecule has 5 heteroatoms. The van der Waals surface area contributed by atoms with Crippen LogP contribution in [0.1, 0.15) is 17.0 Å². The van der Waals surface area contributed by atoms with Crippen LogP contribution in [0.5, 0.6) is 0 Å². The highest BCUT2D eigenvalue weighted by molar-refractivity contribution is 5.75. The Morgan fingerprint density at radius 1 is 1.62 bits per heavy atom. The molecule has 0 fully saturated rings. The fraction of sp³-hybridized carbons (Fsp3) is 0.364. The molecule has 0 radical (unpaired) electrons. The Hall–Kier alpha value is -2.09. The first kappa shape index (κ1) is 12.0. The lowest BCUT2D eigenvalue weighted by Gasteiger charge is -2.19. The van der Waals surface area contributed by atoms with E-state index in [1.807, 2.05) is 13.0 Å². The maximum Gasteiger partial charge on any atom is 0.323 e. The molecule has 0 aliphatic carbocycles. The minimum atomic E-state index is -0.932. The monoisotopic (exact) mass is 219 g/mol. The number of anilines is 1. The third-order valence-corrected chi connectivity index (χ3v) is 2.20. The summed E-state index contributed by atoms with van der Waals surface area (Å²) in [5.74, 6) is -0.932. The van der Waals surface area contributed by atoms with Crippen LogP contribution in [0.25, 0.3) is 0 Å². The standard InChI is InChI=1S/C11H13N3O2/c1-7-4-10(14(3)6-11(15)16)9(5-12)8(2)13-7/h4H,6H2,1-3H3,(H,15,16). The van der Waals surface area contributed by atoms with E-state index in [2.05, 4.69) is 4.98 Å². The lowest BCUT2D eigenvalue weighted by molar-refractivity contribution is -0.135. The highest BCUT2D eigenvalue weighted by Crippen LogP contribution is 2.21. The Balaban J connectivity index is 3.21. The number of nitrogens with zero attached hydrogens (tertiary/aromatic N) is 3. The molecule has 1 rings (SSSR count). The summed E-state index contributed by atoms with van der Waals surface area (Å²) < 4.78 is 0. The number of carboxylic acid groups (broad SMARTS) is 1. The van der Waals surface area contributed by atoms with Gasteiger partial charge in [-0.25, -0.2) is 0 Å². The minimum Gasteiger partial charge on any atom is -0.480 e. The molecule has 0 atom stereocenters. The zero-order chi connectivity index (χ0) is 12.3. The molecule has 0 unspecified atom stereocenters. The maximum absolute atomic E-state index is 10.6. The van der Waals surface area contributed by atoms with Gasteiger partial charge in [0.15, 0.2) is 0 Å². The molecule has 16 heavy (non-hydrogen) atoms. The maximum atomic E-state index is 10.6. The van der Waals surface area contributed by atoms with E-state index in [0.717, 1.165) is 5.69 Å². The zero-order valence-corrected chi connectivity index (χ0v) is 9.48. The number of rotatable bonds is 3. The van der Waals surface area contributed by atoms with Gasteiger partial charge in [-0.2, -0.15) is 5.26 Å². The van der Waals surface area contributed by atoms with E-state index < -0.39 is 5.97 Å². The summed E-state index contributed by atoms with van der Waals surface area (Å²) in [6, 6.07) is 3.76. The Morgan fingerprint density at radius 3 is 2.75 bits per heavy atom. The van der Waals surface area contributed by atoms with Gasteiger partial charge in [-0.05, 0) is 19.9 Å². The average Bonchev–Trinajstić information content (AvgIpc) is 2.15. The molecule has 0 aromatic carbocycles. The molecule has 1 aromatic rings. The van der Waals surface area contributed by atoms with Crippen molar-refractivity contribution in [3.63, 3.8) is 0 Å². The Labute approximate surface area is 93.9 Å². The third kappa shape index (κ3) is 2.48. The fourth-order valence-electron chi connectivity index (χ4n) is 1.54. The van der Waals surface area contributed by atoms with Crippen LogP contribution >= 0.6 is 0 Å². The highest BCUT2D eigenvalue weighted by atomic mass is 16.4. The van der Waals surface area contributed by atoms with Crippen LogP contribution in [-0.2, 0) is 4.79 Å². The summed E-state index contributed by atoms with van der Waals surface area (Å²) in [7, 11) is 1.64. The van der Waals surface area contributed by atoms with Crippen molar-refractivity contribution in [1.29, 1.82) is 5.26 Å². The lowest BCUT2D eigenvalue weighted by atomic mass is 10.1. The number of likely N-dealkylation sites (N-methyl/N-ethyl adjacent to an activating group) is 1. The van der Waals surface area contributed by atoms with Crippen molar-refractivity contribution in [1.82, 2.24) is 4.98 Å². The van der Waals surface area contributed by atoms with Crippen molar-refractivity contribution in [3.05, 3.63) is 23.0 Å². The summed E-state index contributed by atoms with van der Waals surface area (Å²) >= 11 is 0. The van der Waals surface area contributed by atoms with Crippen molar-refractivity contribution in [2.24, 2.45) is 0 Å². The Kier molecular flexibility index (Phi) is 3.46. The number of aliphatic carboxylic acids is 1. The minimum absolute atomic E-state index is 0.141. The number of carboxylic acids is 1. The number of hydrogen-bond donors (Lipinski definition) is 1. The van der Waals surface area contributed by atoms with E-state index in [1.54, 1.807) is 20.0 Å². The molecule has 1 aromatic heterocycles. The molecule has 0 spiro atoms. The quantitative estimate of drug-likeness (QED) is 0.823. The van der Waals surface area contributed by atoms with Crippen LogP contribution < -0.4 is 4.90 Å². The topological polar surface area (TPSA) is 77.2 Å². The molecule has 0 saturated carbocycles. The van der Waals surface area contributed by atoms with Gasteiger partial charge in [0.1, 0.15) is 12.6 Å². The second-order valence-corrected chi connectivity index (χ2v) is 3.60. The summed E-state index contributed by atoms with van der Waals surface area (Å²) in [6.45, 7) is 3.41. The highest BCUT2D eigenvalue weighted by Gasteiger charge is 2.13. The zero-order valence-electron chi connectivity index (χ0n) is 9.48. The molecule has 84 valence electrons. The van der Waals surface area contributed by atoms with Crippen LogP contribution in [0.2, 0.25) is 0 Å². The third-order valence-electron chi connectivity index (χ3n) is 2.20. The molecule has 0 bridgehead atoms. The van der Waals surface area contributed by atoms with Gasteiger partial charge in [-0.1, -0.05) is 0 Å². The SMILES string of the molecule is Cc1cc(N(C)CC(=O)O)c(C#N)c(C)n1. The number of pyridine rings is 1. The second-order valence-electron chi connectivity index (χ2n) is 3.60. The molecular formula is C11H13N3O2. The molecule has 1 heterocycles. The molecule has 0 saturated heterocycles. The predicted molar refractivity (Wildman–Crippen MR) is 59.3 cm³/mol. The van der Waals surface area contributed by atoms with E-state index in [1.165, 1.54) is 4.90 Å². The van der Waals surface area contributed by atoms with E-state index in [9.17, 15) is 4.79 Å². The summed E-state index contributed by atoms with van der Waals surface area (Å²) in [5.41, 5.74) is 2.42. The largest absolute Gasteiger partial charge is 0.480 e. The van der Waals surface area contributed by atoms with Gasteiger partial charge in [-0.15, -0.1) is 0 Å². The second kappa shape index (κ2) is 4.62. The molecule has 5 nitrogen and oxygen atoms in total. The van der Waals surface area contributed by atoms with Gasteiger partial charge in [0.25, 0.3) is 0 Å². The van der Waals surface area contributed by atoms with Crippen LogP contribution in [0.15, 0.2) is 6.07 Å². The Morgan fingerprint density at radius 2 is 2.25 bits per heavy atom. The van der Waals surface area contributed by atoms with E-state index in [-0.39, 0.29) is 6.54 Å². The van der Waals surface area contributed by atoms with Crippen LogP contribution in [0.4, 0.5) is 5.69 Å². The van der Waals surface area contributed by atoms with Crippen molar-refractivity contribution in [3.8, 4) is 6.07 Å². The lowest BCUT2D eigenvalue weighted by Crippen LogP contribution is -2.26. The van der Waals surface area contributed by atoms with Gasteiger partial charge in [0.2, 0.25) is 0 Å². The predicted octanol–water partition coefficient (Wildman–Crippen LogP) is 1.09. The first-order valence-electron chi connectivity index (χ1n) is 4.77. The summed E-state index contributed by atoms with van der Waals surface area (Å²) in [4.78, 5) is 16.3. The molecule has 0 amide bonds. The first-order chi connectivity index (χ1) is 7.45. The van der Waals surface area contributed by atoms with E-state index in [0.29, 0.717) is 16.9 Å². The molecule has 1 N–H and O–H groups in total. The number of aryl methyl sites for hydroxylation is 2. The van der Waals surface area contributed by atoms with Crippen molar-refractivity contribution in [2.75, 3.05) is 18.5 Å². The number of hydrogen-bond acceptors (Lipinski definition) is 4.